The van der Waals surface area contributed by atoms with Crippen LogP contribution in [0.5, 0.6) is 0 Å². The molecule has 0 aliphatic carbocycles. The molecule has 0 aliphatic heterocycles. The van der Waals surface area contributed by atoms with E-state index in [0.29, 0.717) is 5.41 Å². The summed E-state index contributed by atoms with van der Waals surface area (Å²) in [6.45, 7) is 7.12. The highest BCUT2D eigenvalue weighted by atomic mass is 14.6. The van der Waals surface area contributed by atoms with E-state index in [1.165, 1.54) is 0 Å². The maximum atomic E-state index is 5.31. The lowest BCUT2D eigenvalue weighted by molar-refractivity contribution is 0.428. The summed E-state index contributed by atoms with van der Waals surface area (Å²) in [6.07, 6.45) is 0. The topological polar surface area (TPSA) is 61.0 Å². The Morgan fingerprint density at radius 3 is 1.43 bits per heavy atom. The fourth-order valence-corrected chi connectivity index (χ4v) is 0. The lowest BCUT2D eigenvalue weighted by Gasteiger charge is -2.12. The van der Waals surface area contributed by atoms with Crippen LogP contribution in [0.3, 0.4) is 0 Å². The van der Waals surface area contributed by atoms with Gasteiger partial charge in [0.1, 0.15) is 0 Å². The van der Waals surface area contributed by atoms with Crippen molar-refractivity contribution >= 4 is 0 Å². The average Bonchev–Trinajstić information content (AvgIpc) is 1.35. The molecular weight excluding hydrogens is 88.1 g/mol. The van der Waals surface area contributed by atoms with Crippen molar-refractivity contribution in [3.63, 3.8) is 0 Å². The number of nitrogens with two attached hydrogens (primary N) is 1. The molecule has 2 nitrogen and oxygen atoms in total. The minimum Gasteiger partial charge on any atom is -0.344 e. The van der Waals surface area contributed by atoms with Gasteiger partial charge in [-0.25, -0.2) is 0 Å². The summed E-state index contributed by atoms with van der Waals surface area (Å²) >= 11 is 0. The summed E-state index contributed by atoms with van der Waals surface area (Å²) < 4.78 is 0. The van der Waals surface area contributed by atoms with Crippen LogP contribution in [0.25, 0.3) is 0 Å². The first kappa shape index (κ1) is 10.0. The third-order valence-corrected chi connectivity index (χ3v) is 0.612. The van der Waals surface area contributed by atoms with Gasteiger partial charge in [-0.2, -0.15) is 0 Å². The van der Waals surface area contributed by atoms with Crippen LogP contribution < -0.4 is 11.9 Å². The van der Waals surface area contributed by atoms with Gasteiger partial charge in [-0.1, -0.05) is 20.8 Å². The van der Waals surface area contributed by atoms with Crippen molar-refractivity contribution in [3.05, 3.63) is 0 Å². The highest BCUT2D eigenvalue weighted by molar-refractivity contribution is 4.59. The second kappa shape index (κ2) is 2.99. The SMILES string of the molecule is CC(C)(C)CN.N. The van der Waals surface area contributed by atoms with Crippen LogP contribution in [0.15, 0.2) is 0 Å². The van der Waals surface area contributed by atoms with Crippen LogP contribution in [0, 0.1) is 5.41 Å². The van der Waals surface area contributed by atoms with E-state index in [4.69, 9.17) is 5.73 Å². The molecule has 0 radical (unpaired) electrons. The molecular formula is C5H16N2. The van der Waals surface area contributed by atoms with Gasteiger partial charge in [-0.3, -0.25) is 0 Å². The maximum Gasteiger partial charge on any atom is -0.00285 e. The van der Waals surface area contributed by atoms with Crippen LogP contribution in [0.1, 0.15) is 20.8 Å². The van der Waals surface area contributed by atoms with Crippen molar-refractivity contribution in [2.75, 3.05) is 6.54 Å². The van der Waals surface area contributed by atoms with E-state index < -0.39 is 0 Å². The van der Waals surface area contributed by atoms with Crippen molar-refractivity contribution in [2.45, 2.75) is 20.8 Å². The van der Waals surface area contributed by atoms with E-state index in [1.807, 2.05) is 0 Å². The molecule has 0 fully saturated rings. The summed E-state index contributed by atoms with van der Waals surface area (Å²) in [7, 11) is 0. The van der Waals surface area contributed by atoms with E-state index in [1.54, 1.807) is 0 Å². The average molecular weight is 104 g/mol. The van der Waals surface area contributed by atoms with Crippen molar-refractivity contribution in [1.29, 1.82) is 0 Å². The van der Waals surface area contributed by atoms with Crippen molar-refractivity contribution < 1.29 is 0 Å². The number of hydrogen-bond donors (Lipinski definition) is 2. The first-order valence-corrected chi connectivity index (χ1v) is 2.26. The highest BCUT2D eigenvalue weighted by Gasteiger charge is 2.03. The minimum atomic E-state index is 0. The molecule has 0 atom stereocenters. The zero-order valence-electron chi connectivity index (χ0n) is 5.49. The Labute approximate surface area is 45.7 Å². The molecule has 0 aromatic heterocycles. The van der Waals surface area contributed by atoms with Crippen LogP contribution in [-0.4, -0.2) is 6.54 Å². The molecule has 0 rings (SSSR count). The third kappa shape index (κ3) is 10.7. The molecule has 0 heterocycles. The Morgan fingerprint density at radius 2 is 1.43 bits per heavy atom. The van der Waals surface area contributed by atoms with Gasteiger partial charge in [0, 0.05) is 0 Å². The summed E-state index contributed by atoms with van der Waals surface area (Å²) in [5, 5.41) is 0. The molecule has 7 heavy (non-hydrogen) atoms. The highest BCUT2D eigenvalue weighted by Crippen LogP contribution is 2.07. The standard InChI is InChI=1S/C5H13N.H3N/c1-5(2,3)4-6;/h4,6H2,1-3H3;1H3. The second-order valence-electron chi connectivity index (χ2n) is 2.76. The maximum absolute atomic E-state index is 5.31. The van der Waals surface area contributed by atoms with Crippen molar-refractivity contribution in [2.24, 2.45) is 11.1 Å². The zero-order chi connectivity index (χ0) is 5.21. The summed E-state index contributed by atoms with van der Waals surface area (Å²) in [5.74, 6) is 0. The Kier molecular flexibility index (Phi) is 4.28. The lowest BCUT2D eigenvalue weighted by atomic mass is 9.98. The molecule has 0 aromatic carbocycles. The molecule has 0 saturated heterocycles. The summed E-state index contributed by atoms with van der Waals surface area (Å²) in [4.78, 5) is 0. The Balaban J connectivity index is 0. The molecule has 5 N–H and O–H groups in total. The molecule has 0 saturated carbocycles. The molecule has 0 spiro atoms. The van der Waals surface area contributed by atoms with Crippen LogP contribution in [0.4, 0.5) is 0 Å². The molecule has 0 bridgehead atoms. The molecule has 0 aromatic rings. The van der Waals surface area contributed by atoms with Crippen LogP contribution in [-0.2, 0) is 0 Å². The van der Waals surface area contributed by atoms with E-state index in [0.717, 1.165) is 6.54 Å². The number of rotatable bonds is 0. The fourth-order valence-electron chi connectivity index (χ4n) is 0. The molecule has 0 amide bonds. The molecule has 2 heteroatoms. The summed E-state index contributed by atoms with van der Waals surface area (Å²) in [5.41, 5.74) is 5.62. The first-order valence-electron chi connectivity index (χ1n) is 2.26. The van der Waals surface area contributed by atoms with Gasteiger partial charge in [-0.15, -0.1) is 0 Å². The molecule has 0 unspecified atom stereocenters. The van der Waals surface area contributed by atoms with E-state index >= 15 is 0 Å². The largest absolute Gasteiger partial charge is 0.344 e. The fraction of sp³-hybridized carbons (Fsp3) is 1.00. The van der Waals surface area contributed by atoms with Gasteiger partial charge < -0.3 is 11.9 Å². The Morgan fingerprint density at radius 1 is 1.29 bits per heavy atom. The summed E-state index contributed by atoms with van der Waals surface area (Å²) in [6, 6.07) is 0. The Hall–Kier alpha value is -0.0800. The minimum absolute atomic E-state index is 0. The second-order valence-corrected chi connectivity index (χ2v) is 2.76. The van der Waals surface area contributed by atoms with Gasteiger partial charge in [0.25, 0.3) is 0 Å². The van der Waals surface area contributed by atoms with Gasteiger partial charge in [0.05, 0.1) is 0 Å². The van der Waals surface area contributed by atoms with Crippen molar-refractivity contribution in [3.8, 4) is 0 Å². The first-order chi connectivity index (χ1) is 2.56. The quantitative estimate of drug-likeness (QED) is 0.484. The van der Waals surface area contributed by atoms with Gasteiger partial charge >= 0.3 is 0 Å². The monoisotopic (exact) mass is 104 g/mol. The molecule has 0 aliphatic rings. The van der Waals surface area contributed by atoms with E-state index in [2.05, 4.69) is 20.8 Å². The smallest absolute Gasteiger partial charge is 0.00285 e. The predicted octanol–water partition coefficient (Wildman–Crippen LogP) is 1.15. The third-order valence-electron chi connectivity index (χ3n) is 0.612. The van der Waals surface area contributed by atoms with Crippen LogP contribution in [0.2, 0.25) is 0 Å². The zero-order valence-corrected chi connectivity index (χ0v) is 5.49. The van der Waals surface area contributed by atoms with Crippen molar-refractivity contribution in [1.82, 2.24) is 6.15 Å². The lowest BCUT2D eigenvalue weighted by Crippen LogP contribution is -2.18. The predicted molar refractivity (Wildman–Crippen MR) is 33.5 cm³/mol. The van der Waals surface area contributed by atoms with Gasteiger partial charge in [0.2, 0.25) is 0 Å². The normalized spacial score (nSPS) is 10.3. The molecule has 46 valence electrons. The van der Waals surface area contributed by atoms with Crippen LogP contribution >= 0.6 is 0 Å². The van der Waals surface area contributed by atoms with Gasteiger partial charge in [0.15, 0.2) is 0 Å². The number of hydrogen-bond acceptors (Lipinski definition) is 2. The van der Waals surface area contributed by atoms with E-state index in [-0.39, 0.29) is 6.15 Å². The Bertz CT molecular complexity index is 35.8. The van der Waals surface area contributed by atoms with Gasteiger partial charge in [-0.05, 0) is 12.0 Å². The van der Waals surface area contributed by atoms with E-state index in [9.17, 15) is 0 Å².